The summed E-state index contributed by atoms with van der Waals surface area (Å²) in [5.41, 5.74) is 3.17. The van der Waals surface area contributed by atoms with E-state index in [1.54, 1.807) is 0 Å². The van der Waals surface area contributed by atoms with E-state index in [-0.39, 0.29) is 17.6 Å². The third kappa shape index (κ3) is 3.26. The van der Waals surface area contributed by atoms with Gasteiger partial charge in [-0.05, 0) is 43.1 Å². The van der Waals surface area contributed by atoms with Gasteiger partial charge in [-0.25, -0.2) is 0 Å². The van der Waals surface area contributed by atoms with Crippen molar-refractivity contribution in [3.05, 3.63) is 58.7 Å². The van der Waals surface area contributed by atoms with Gasteiger partial charge in [0.1, 0.15) is 0 Å². The molecule has 0 amide bonds. The van der Waals surface area contributed by atoms with Gasteiger partial charge in [-0.3, -0.25) is 0 Å². The zero-order valence-corrected chi connectivity index (χ0v) is 14.6. The van der Waals surface area contributed by atoms with Crippen molar-refractivity contribution in [1.29, 1.82) is 0 Å². The fraction of sp³-hybridized carbons (Fsp3) is 0.400. The lowest BCUT2D eigenvalue weighted by molar-refractivity contribution is -0.136. The van der Waals surface area contributed by atoms with Crippen molar-refractivity contribution in [2.45, 2.75) is 38.0 Å². The van der Waals surface area contributed by atoms with Crippen molar-refractivity contribution in [2.75, 3.05) is 23.7 Å². The van der Waals surface area contributed by atoms with Crippen LogP contribution < -0.4 is 16.0 Å². The molecule has 0 radical (unpaired) electrons. The van der Waals surface area contributed by atoms with Gasteiger partial charge in [0.2, 0.25) is 0 Å². The van der Waals surface area contributed by atoms with Crippen molar-refractivity contribution in [3.63, 3.8) is 0 Å². The lowest BCUT2D eigenvalue weighted by atomic mass is 9.89. The highest BCUT2D eigenvalue weighted by Crippen LogP contribution is 2.47. The largest absolute Gasteiger partial charge is 0.418 e. The molecule has 0 unspecified atom stereocenters. The second kappa shape index (κ2) is 6.50. The van der Waals surface area contributed by atoms with E-state index in [0.717, 1.165) is 29.7 Å². The normalized spacial score (nSPS) is 21.7. The van der Waals surface area contributed by atoms with Gasteiger partial charge in [0.15, 0.2) is 0 Å². The lowest BCUT2D eigenvalue weighted by Gasteiger charge is -2.26. The van der Waals surface area contributed by atoms with Crippen LogP contribution in [0.1, 0.15) is 34.6 Å². The van der Waals surface area contributed by atoms with Gasteiger partial charge in [0.25, 0.3) is 0 Å². The summed E-state index contributed by atoms with van der Waals surface area (Å²) < 4.78 is 40.9. The number of benzene rings is 2. The number of piperidine rings is 1. The van der Waals surface area contributed by atoms with E-state index < -0.39 is 11.7 Å². The van der Waals surface area contributed by atoms with Gasteiger partial charge >= 0.3 is 6.18 Å². The van der Waals surface area contributed by atoms with E-state index >= 15 is 0 Å². The van der Waals surface area contributed by atoms with Crippen LogP contribution in [0.4, 0.5) is 24.5 Å². The van der Waals surface area contributed by atoms with Crippen LogP contribution in [0.5, 0.6) is 0 Å². The molecule has 3 N–H and O–H groups in total. The van der Waals surface area contributed by atoms with Crippen LogP contribution in [0.25, 0.3) is 0 Å². The topological polar surface area (TPSA) is 36.1 Å². The highest BCUT2D eigenvalue weighted by atomic mass is 19.4. The fourth-order valence-electron chi connectivity index (χ4n) is 3.90. The second-order valence-corrected chi connectivity index (χ2v) is 7.18. The summed E-state index contributed by atoms with van der Waals surface area (Å²) in [7, 11) is 0. The summed E-state index contributed by atoms with van der Waals surface area (Å²) in [4.78, 5) is 0. The Hall–Kier alpha value is -2.21. The summed E-state index contributed by atoms with van der Waals surface area (Å²) in [6, 6.07) is 11.2. The third-order valence-corrected chi connectivity index (χ3v) is 5.30. The van der Waals surface area contributed by atoms with Gasteiger partial charge < -0.3 is 16.0 Å². The Morgan fingerprint density at radius 3 is 2.65 bits per heavy atom. The van der Waals surface area contributed by atoms with Gasteiger partial charge in [0, 0.05) is 30.7 Å². The maximum Gasteiger partial charge on any atom is 0.418 e. The molecular formula is C20H22F3N3. The number of rotatable bonds is 3. The average Bonchev–Trinajstić information content (AvgIpc) is 2.98. The van der Waals surface area contributed by atoms with Gasteiger partial charge in [-0.1, -0.05) is 29.8 Å². The molecule has 2 aromatic carbocycles. The third-order valence-electron chi connectivity index (χ3n) is 5.30. The number of alkyl halides is 3. The number of fused-ring (bicyclic) bond motifs is 3. The molecule has 2 heterocycles. The Labute approximate surface area is 151 Å². The summed E-state index contributed by atoms with van der Waals surface area (Å²) in [6.45, 7) is 4.05. The van der Waals surface area contributed by atoms with Gasteiger partial charge in [-0.2, -0.15) is 13.2 Å². The van der Waals surface area contributed by atoms with Crippen LogP contribution in [0.2, 0.25) is 0 Å². The predicted octanol–water partition coefficient (Wildman–Crippen LogP) is 4.50. The van der Waals surface area contributed by atoms with Crippen molar-refractivity contribution in [1.82, 2.24) is 5.32 Å². The fourth-order valence-corrected chi connectivity index (χ4v) is 3.90. The SMILES string of the molecule is Cc1ccc(CNc2cc3c(c(C(F)(F)F)c2)N[C@H]2CCNC[C@@H]32)cc1. The van der Waals surface area contributed by atoms with E-state index in [1.807, 2.05) is 37.3 Å². The number of anilines is 2. The van der Waals surface area contributed by atoms with Crippen LogP contribution in [-0.4, -0.2) is 19.1 Å². The molecule has 1 saturated heterocycles. The zero-order chi connectivity index (χ0) is 18.3. The quantitative estimate of drug-likeness (QED) is 0.754. The molecule has 138 valence electrons. The first-order chi connectivity index (χ1) is 12.4. The molecule has 2 aliphatic rings. The standard InChI is InChI=1S/C20H22F3N3/c1-12-2-4-13(5-3-12)10-25-14-8-15-16-11-24-7-6-18(16)26-19(15)17(9-14)20(21,22)23/h2-5,8-9,16,18,24-26H,6-7,10-11H2,1H3/t16-,18-/m0/s1. The molecule has 0 spiro atoms. The first-order valence-corrected chi connectivity index (χ1v) is 8.93. The molecule has 0 aliphatic carbocycles. The van der Waals surface area contributed by atoms with Gasteiger partial charge in [0.05, 0.1) is 11.3 Å². The molecular weight excluding hydrogens is 339 g/mol. The van der Waals surface area contributed by atoms with Crippen molar-refractivity contribution < 1.29 is 13.2 Å². The Kier molecular flexibility index (Phi) is 4.31. The van der Waals surface area contributed by atoms with E-state index in [1.165, 1.54) is 6.07 Å². The highest BCUT2D eigenvalue weighted by molar-refractivity contribution is 5.71. The van der Waals surface area contributed by atoms with Crippen LogP contribution in [0, 0.1) is 6.92 Å². The minimum Gasteiger partial charge on any atom is -0.381 e. The molecule has 0 aromatic heterocycles. The van der Waals surface area contributed by atoms with E-state index in [2.05, 4.69) is 16.0 Å². The maximum atomic E-state index is 13.6. The van der Waals surface area contributed by atoms with E-state index in [4.69, 9.17) is 0 Å². The van der Waals surface area contributed by atoms with E-state index in [0.29, 0.717) is 18.8 Å². The number of hydrogen-bond donors (Lipinski definition) is 3. The molecule has 3 nitrogen and oxygen atoms in total. The number of halogens is 3. The molecule has 0 saturated carbocycles. The van der Waals surface area contributed by atoms with Crippen molar-refractivity contribution >= 4 is 11.4 Å². The summed E-state index contributed by atoms with van der Waals surface area (Å²) in [6.07, 6.45) is -3.54. The lowest BCUT2D eigenvalue weighted by Crippen LogP contribution is -2.38. The molecule has 4 rings (SSSR count). The molecule has 0 bridgehead atoms. The van der Waals surface area contributed by atoms with Crippen LogP contribution in [0.3, 0.4) is 0 Å². The smallest absolute Gasteiger partial charge is 0.381 e. The Morgan fingerprint density at radius 2 is 1.92 bits per heavy atom. The summed E-state index contributed by atoms with van der Waals surface area (Å²) in [5, 5.41) is 9.60. The second-order valence-electron chi connectivity index (χ2n) is 7.18. The molecule has 2 aromatic rings. The average molecular weight is 361 g/mol. The minimum atomic E-state index is -4.38. The van der Waals surface area contributed by atoms with Gasteiger partial charge in [-0.15, -0.1) is 0 Å². The summed E-state index contributed by atoms with van der Waals surface area (Å²) >= 11 is 0. The first-order valence-electron chi connectivity index (χ1n) is 8.93. The Bertz CT molecular complexity index is 799. The van der Waals surface area contributed by atoms with Crippen LogP contribution in [0.15, 0.2) is 36.4 Å². The molecule has 26 heavy (non-hydrogen) atoms. The Balaban J connectivity index is 1.64. The van der Waals surface area contributed by atoms with E-state index in [9.17, 15) is 13.2 Å². The monoisotopic (exact) mass is 361 g/mol. The molecule has 6 heteroatoms. The zero-order valence-electron chi connectivity index (χ0n) is 14.6. The number of aryl methyl sites for hydroxylation is 1. The molecule has 2 atom stereocenters. The maximum absolute atomic E-state index is 13.6. The van der Waals surface area contributed by atoms with Crippen molar-refractivity contribution in [2.24, 2.45) is 0 Å². The summed E-state index contributed by atoms with van der Waals surface area (Å²) in [5.74, 6) is 0.0842. The highest BCUT2D eigenvalue weighted by Gasteiger charge is 2.42. The number of nitrogens with one attached hydrogen (secondary N) is 3. The number of hydrogen-bond acceptors (Lipinski definition) is 3. The van der Waals surface area contributed by atoms with Crippen LogP contribution in [-0.2, 0) is 12.7 Å². The molecule has 2 aliphatic heterocycles. The van der Waals surface area contributed by atoms with Crippen molar-refractivity contribution in [3.8, 4) is 0 Å². The minimum absolute atomic E-state index is 0.0831. The first kappa shape index (κ1) is 17.2. The molecule has 1 fully saturated rings. The van der Waals surface area contributed by atoms with Crippen LogP contribution >= 0.6 is 0 Å². The predicted molar refractivity (Wildman–Crippen MR) is 97.6 cm³/mol. The Morgan fingerprint density at radius 1 is 1.15 bits per heavy atom.